The minimum atomic E-state index is 0.120. The third kappa shape index (κ3) is 3.91. The van der Waals surface area contributed by atoms with E-state index in [0.717, 1.165) is 32.5 Å². The maximum atomic E-state index is 12.6. The van der Waals surface area contributed by atoms with Crippen molar-refractivity contribution in [3.05, 3.63) is 66.0 Å². The lowest BCUT2D eigenvalue weighted by molar-refractivity contribution is 0.0496. The van der Waals surface area contributed by atoms with Gasteiger partial charge in [-0.05, 0) is 49.9 Å². The van der Waals surface area contributed by atoms with Crippen LogP contribution >= 0.6 is 0 Å². The van der Waals surface area contributed by atoms with Crippen LogP contribution in [0.2, 0.25) is 0 Å². The Labute approximate surface area is 162 Å². The van der Waals surface area contributed by atoms with E-state index in [9.17, 15) is 4.79 Å². The smallest absolute Gasteiger partial charge is 0.255 e. The highest BCUT2D eigenvalue weighted by atomic mass is 16.2. The van der Waals surface area contributed by atoms with E-state index in [1.807, 2.05) is 17.0 Å². The van der Waals surface area contributed by atoms with Crippen LogP contribution in [0.1, 0.15) is 48.5 Å². The minimum absolute atomic E-state index is 0.120. The Hall–Kier alpha value is -2.20. The van der Waals surface area contributed by atoms with Crippen molar-refractivity contribution in [3.8, 4) is 0 Å². The second-order valence-electron chi connectivity index (χ2n) is 8.27. The van der Waals surface area contributed by atoms with Crippen LogP contribution < -0.4 is 0 Å². The molecule has 2 aromatic rings. The predicted molar refractivity (Wildman–Crippen MR) is 108 cm³/mol. The molecule has 2 aliphatic rings. The van der Waals surface area contributed by atoms with Crippen molar-refractivity contribution in [1.29, 1.82) is 0 Å². The maximum Gasteiger partial charge on any atom is 0.255 e. The van der Waals surface area contributed by atoms with Crippen molar-refractivity contribution in [2.24, 2.45) is 0 Å². The molecule has 1 aromatic heterocycles. The largest absolute Gasteiger partial charge is 0.338 e. The molecule has 4 heteroatoms. The highest BCUT2D eigenvalue weighted by Crippen LogP contribution is 2.35. The summed E-state index contributed by atoms with van der Waals surface area (Å²) in [5.74, 6) is 0.120. The Morgan fingerprint density at radius 2 is 1.85 bits per heavy atom. The van der Waals surface area contributed by atoms with Gasteiger partial charge in [0.1, 0.15) is 0 Å². The molecule has 2 aliphatic heterocycles. The van der Waals surface area contributed by atoms with Crippen molar-refractivity contribution in [2.45, 2.75) is 44.1 Å². The number of carbonyl (C=O) groups excluding carboxylic acids is 1. The molecule has 0 saturated carbocycles. The van der Waals surface area contributed by atoms with Crippen LogP contribution in [0.4, 0.5) is 0 Å². The van der Waals surface area contributed by atoms with Gasteiger partial charge in [-0.25, -0.2) is 0 Å². The molecule has 0 N–H and O–H groups in total. The molecule has 2 saturated heterocycles. The zero-order chi connectivity index (χ0) is 18.7. The average Bonchev–Trinajstić information content (AvgIpc) is 2.75. The number of rotatable bonds is 3. The number of hydrogen-bond acceptors (Lipinski definition) is 3. The van der Waals surface area contributed by atoms with Crippen LogP contribution in [0.3, 0.4) is 0 Å². The molecule has 0 aliphatic carbocycles. The van der Waals surface area contributed by atoms with Gasteiger partial charge in [0.2, 0.25) is 0 Å². The monoisotopic (exact) mass is 363 g/mol. The molecule has 0 radical (unpaired) electrons. The fourth-order valence-corrected chi connectivity index (χ4v) is 4.77. The van der Waals surface area contributed by atoms with Gasteiger partial charge in [0.05, 0.1) is 5.56 Å². The summed E-state index contributed by atoms with van der Waals surface area (Å²) in [6.07, 6.45) is 8.02. The van der Waals surface area contributed by atoms with Crippen molar-refractivity contribution < 1.29 is 4.79 Å². The molecule has 2 fully saturated rings. The van der Waals surface area contributed by atoms with Gasteiger partial charge in [-0.15, -0.1) is 0 Å². The summed E-state index contributed by atoms with van der Waals surface area (Å²) in [6, 6.07) is 15.2. The molecular weight excluding hydrogens is 334 g/mol. The number of piperidine rings is 2. The number of hydrogen-bond donors (Lipinski definition) is 0. The van der Waals surface area contributed by atoms with E-state index in [-0.39, 0.29) is 11.3 Å². The van der Waals surface area contributed by atoms with Gasteiger partial charge in [-0.2, -0.15) is 0 Å². The first-order valence-corrected chi connectivity index (χ1v) is 10.1. The zero-order valence-electron chi connectivity index (χ0n) is 16.2. The van der Waals surface area contributed by atoms with Crippen LogP contribution in [0.15, 0.2) is 54.9 Å². The maximum absolute atomic E-state index is 12.6. The summed E-state index contributed by atoms with van der Waals surface area (Å²) in [4.78, 5) is 21.4. The fourth-order valence-electron chi connectivity index (χ4n) is 4.77. The van der Waals surface area contributed by atoms with Gasteiger partial charge in [-0.3, -0.25) is 14.7 Å². The van der Waals surface area contributed by atoms with Gasteiger partial charge in [-0.1, -0.05) is 37.3 Å². The Balaban J connectivity index is 1.37. The molecule has 142 valence electrons. The van der Waals surface area contributed by atoms with E-state index >= 15 is 0 Å². The first kappa shape index (κ1) is 18.2. The second-order valence-corrected chi connectivity index (χ2v) is 8.27. The van der Waals surface area contributed by atoms with Crippen LogP contribution in [0, 0.1) is 0 Å². The lowest BCUT2D eigenvalue weighted by Gasteiger charge is -2.46. The van der Waals surface area contributed by atoms with Gasteiger partial charge in [0, 0.05) is 43.5 Å². The summed E-state index contributed by atoms with van der Waals surface area (Å²) in [7, 11) is 0. The van der Waals surface area contributed by atoms with Gasteiger partial charge in [0.25, 0.3) is 5.91 Å². The van der Waals surface area contributed by atoms with Crippen LogP contribution in [0.5, 0.6) is 0 Å². The number of benzene rings is 1. The fraction of sp³-hybridized carbons (Fsp3) is 0.478. The highest BCUT2D eigenvalue weighted by molar-refractivity contribution is 5.93. The number of likely N-dealkylation sites (tertiary alicyclic amines) is 2. The van der Waals surface area contributed by atoms with Gasteiger partial charge in [0.15, 0.2) is 0 Å². The van der Waals surface area contributed by atoms with E-state index < -0.39 is 0 Å². The van der Waals surface area contributed by atoms with E-state index in [4.69, 9.17) is 0 Å². The van der Waals surface area contributed by atoms with E-state index in [2.05, 4.69) is 47.1 Å². The van der Waals surface area contributed by atoms with Crippen LogP contribution in [-0.4, -0.2) is 52.9 Å². The quantitative estimate of drug-likeness (QED) is 0.833. The van der Waals surface area contributed by atoms with E-state index in [1.165, 1.54) is 24.9 Å². The van der Waals surface area contributed by atoms with E-state index in [0.29, 0.717) is 11.6 Å². The molecule has 1 amide bonds. The van der Waals surface area contributed by atoms with Crippen molar-refractivity contribution in [3.63, 3.8) is 0 Å². The number of amides is 1. The molecule has 3 heterocycles. The minimum Gasteiger partial charge on any atom is -0.338 e. The summed E-state index contributed by atoms with van der Waals surface area (Å²) in [6.45, 7) is 6.41. The normalized spacial score (nSPS) is 24.7. The molecule has 4 rings (SSSR count). The first-order valence-electron chi connectivity index (χ1n) is 10.1. The average molecular weight is 364 g/mol. The number of aromatic nitrogens is 1. The summed E-state index contributed by atoms with van der Waals surface area (Å²) in [5, 5.41) is 0. The molecule has 0 bridgehead atoms. The summed E-state index contributed by atoms with van der Waals surface area (Å²) < 4.78 is 0. The number of pyridine rings is 1. The second kappa shape index (κ2) is 7.81. The molecule has 4 nitrogen and oxygen atoms in total. The Kier molecular flexibility index (Phi) is 5.26. The molecule has 0 spiro atoms. The van der Waals surface area contributed by atoms with Crippen molar-refractivity contribution in [2.75, 3.05) is 26.2 Å². The van der Waals surface area contributed by atoms with Crippen LogP contribution in [0.25, 0.3) is 0 Å². The predicted octanol–water partition coefficient (Wildman–Crippen LogP) is 3.74. The molecular formula is C23H29N3O. The van der Waals surface area contributed by atoms with Crippen molar-refractivity contribution >= 4 is 5.91 Å². The summed E-state index contributed by atoms with van der Waals surface area (Å²) in [5.41, 5.74) is 2.40. The third-order valence-electron chi connectivity index (χ3n) is 6.37. The van der Waals surface area contributed by atoms with Gasteiger partial charge < -0.3 is 4.90 Å². The lowest BCUT2D eigenvalue weighted by atomic mass is 9.75. The molecule has 1 atom stereocenters. The molecule has 1 aromatic carbocycles. The topological polar surface area (TPSA) is 36.4 Å². The highest BCUT2D eigenvalue weighted by Gasteiger charge is 2.36. The SMILES string of the molecule is C[C@@]1(c2ccccc2)CCCN(C2CCN(C(=O)c3cccnc3)CC2)C1. The summed E-state index contributed by atoms with van der Waals surface area (Å²) >= 11 is 0. The number of nitrogens with zero attached hydrogens (tertiary/aromatic N) is 3. The number of carbonyl (C=O) groups is 1. The molecule has 27 heavy (non-hydrogen) atoms. The third-order valence-corrected chi connectivity index (χ3v) is 6.37. The van der Waals surface area contributed by atoms with E-state index in [1.54, 1.807) is 12.4 Å². The Morgan fingerprint density at radius 3 is 2.56 bits per heavy atom. The standard InChI is InChI=1S/C23H29N3O/c1-23(20-8-3-2-4-9-20)12-6-14-26(18-23)21-10-15-25(16-11-21)22(27)19-7-5-13-24-17-19/h2-5,7-9,13,17,21H,6,10-12,14-16,18H2,1H3/t23-/m1/s1. The lowest BCUT2D eigenvalue weighted by Crippen LogP contribution is -2.52. The zero-order valence-corrected chi connectivity index (χ0v) is 16.2. The van der Waals surface area contributed by atoms with Crippen LogP contribution in [-0.2, 0) is 5.41 Å². The van der Waals surface area contributed by atoms with Crippen molar-refractivity contribution in [1.82, 2.24) is 14.8 Å². The Morgan fingerprint density at radius 1 is 1.07 bits per heavy atom. The van der Waals surface area contributed by atoms with Gasteiger partial charge >= 0.3 is 0 Å². The Bertz CT molecular complexity index is 756. The molecule has 0 unspecified atom stereocenters. The first-order chi connectivity index (χ1) is 13.2.